The Kier molecular flexibility index (Phi) is 4.40. The molecule has 0 aromatic heterocycles. The van der Waals surface area contributed by atoms with Gasteiger partial charge >= 0.3 is 0 Å². The van der Waals surface area contributed by atoms with Crippen LogP contribution in [0.25, 0.3) is 0 Å². The highest BCUT2D eigenvalue weighted by Gasteiger charge is 2.45. The molecule has 21 heavy (non-hydrogen) atoms. The summed E-state index contributed by atoms with van der Waals surface area (Å²) in [7, 11) is 0.414. The van der Waals surface area contributed by atoms with Gasteiger partial charge in [0.2, 0.25) is 8.32 Å². The van der Waals surface area contributed by atoms with Crippen LogP contribution in [0.4, 0.5) is 0 Å². The van der Waals surface area contributed by atoms with E-state index in [0.29, 0.717) is 6.10 Å². The number of hydrogen-bond donors (Lipinski definition) is 0. The summed E-state index contributed by atoms with van der Waals surface area (Å²) in [6.45, 7) is 14.0. The normalized spacial score (nSPS) is 23.2. The van der Waals surface area contributed by atoms with Crippen molar-refractivity contribution in [2.75, 3.05) is 7.05 Å². The van der Waals surface area contributed by atoms with Crippen molar-refractivity contribution in [2.24, 2.45) is 0 Å². The van der Waals surface area contributed by atoms with Gasteiger partial charge in [0.25, 0.3) is 0 Å². The van der Waals surface area contributed by atoms with Gasteiger partial charge in [-0.05, 0) is 65.9 Å². The molecule has 3 heteroatoms. The average molecular weight is 306 g/mol. The summed E-state index contributed by atoms with van der Waals surface area (Å²) >= 11 is 0. The third kappa shape index (κ3) is 3.58. The molecule has 1 aliphatic heterocycles. The Bertz CT molecular complexity index is 463. The van der Waals surface area contributed by atoms with Crippen molar-refractivity contribution in [3.63, 3.8) is 0 Å². The minimum absolute atomic E-state index is 0.188. The maximum absolute atomic E-state index is 6.70. The standard InChI is InChI=1S/C18H31NOSi/c1-17(2)13-15(14-18(3,4)19(17)5)20-21(6,7)16-11-9-8-10-12-16/h8-12,15H,13-14H2,1-7H3. The average Bonchev–Trinajstić information content (AvgIpc) is 2.36. The minimum atomic E-state index is -1.83. The molecule has 0 aliphatic carbocycles. The molecule has 1 aromatic rings. The predicted octanol–water partition coefficient (Wildman–Crippen LogP) is 3.77. The van der Waals surface area contributed by atoms with Gasteiger partial charge in [-0.25, -0.2) is 0 Å². The molecule has 0 saturated carbocycles. The van der Waals surface area contributed by atoms with Crippen molar-refractivity contribution in [1.29, 1.82) is 0 Å². The fraction of sp³-hybridized carbons (Fsp3) is 0.667. The van der Waals surface area contributed by atoms with Crippen LogP contribution in [0.15, 0.2) is 30.3 Å². The van der Waals surface area contributed by atoms with Crippen molar-refractivity contribution in [3.05, 3.63) is 30.3 Å². The van der Waals surface area contributed by atoms with Crippen LogP contribution >= 0.6 is 0 Å². The van der Waals surface area contributed by atoms with Crippen LogP contribution < -0.4 is 5.19 Å². The van der Waals surface area contributed by atoms with Gasteiger partial charge < -0.3 is 4.43 Å². The molecule has 0 spiro atoms. The van der Waals surface area contributed by atoms with E-state index in [1.54, 1.807) is 0 Å². The number of benzene rings is 1. The summed E-state index contributed by atoms with van der Waals surface area (Å²) in [4.78, 5) is 2.51. The van der Waals surface area contributed by atoms with Crippen LogP contribution in [-0.4, -0.2) is 37.4 Å². The Morgan fingerprint density at radius 2 is 1.48 bits per heavy atom. The summed E-state index contributed by atoms with van der Waals surface area (Å²) in [5.41, 5.74) is 0.376. The molecule has 0 unspecified atom stereocenters. The Labute approximate surface area is 131 Å². The van der Waals surface area contributed by atoms with E-state index in [1.165, 1.54) is 5.19 Å². The summed E-state index contributed by atoms with van der Waals surface area (Å²) < 4.78 is 6.70. The third-order valence-corrected chi connectivity index (χ3v) is 7.85. The van der Waals surface area contributed by atoms with E-state index in [9.17, 15) is 0 Å². The molecular weight excluding hydrogens is 274 g/mol. The quantitative estimate of drug-likeness (QED) is 0.788. The van der Waals surface area contributed by atoms with E-state index >= 15 is 0 Å². The molecular formula is C18H31NOSi. The van der Waals surface area contributed by atoms with Gasteiger partial charge in [-0.15, -0.1) is 0 Å². The maximum atomic E-state index is 6.70. The Hall–Kier alpha value is -0.643. The lowest BCUT2D eigenvalue weighted by Gasteiger charge is -2.54. The lowest BCUT2D eigenvalue weighted by molar-refractivity contribution is -0.0575. The highest BCUT2D eigenvalue weighted by molar-refractivity contribution is 6.84. The van der Waals surface area contributed by atoms with Crippen LogP contribution in [-0.2, 0) is 4.43 Å². The first kappa shape index (κ1) is 16.7. The monoisotopic (exact) mass is 305 g/mol. The van der Waals surface area contributed by atoms with Crippen LogP contribution in [0.3, 0.4) is 0 Å². The van der Waals surface area contributed by atoms with Gasteiger partial charge in [0.1, 0.15) is 0 Å². The van der Waals surface area contributed by atoms with Gasteiger partial charge in [0.05, 0.1) is 0 Å². The molecule has 0 atom stereocenters. The van der Waals surface area contributed by atoms with E-state index in [0.717, 1.165) is 12.8 Å². The summed E-state index contributed by atoms with van der Waals surface area (Å²) in [6, 6.07) is 10.8. The Morgan fingerprint density at radius 1 is 1.00 bits per heavy atom. The largest absolute Gasteiger partial charge is 0.410 e. The second-order valence-electron chi connectivity index (χ2n) is 8.21. The first-order valence-electron chi connectivity index (χ1n) is 8.02. The lowest BCUT2D eigenvalue weighted by atomic mass is 9.79. The number of likely N-dealkylation sites (tertiary alicyclic amines) is 1. The molecule has 118 valence electrons. The highest BCUT2D eigenvalue weighted by Crippen LogP contribution is 2.38. The van der Waals surface area contributed by atoms with Crippen LogP contribution in [0.2, 0.25) is 13.1 Å². The van der Waals surface area contributed by atoms with E-state index in [-0.39, 0.29) is 11.1 Å². The van der Waals surface area contributed by atoms with Crippen molar-refractivity contribution < 1.29 is 4.43 Å². The highest BCUT2D eigenvalue weighted by atomic mass is 28.4. The first-order valence-corrected chi connectivity index (χ1v) is 10.9. The van der Waals surface area contributed by atoms with Crippen LogP contribution in [0, 0.1) is 0 Å². The summed E-state index contributed by atoms with van der Waals surface area (Å²) in [5, 5.41) is 1.39. The molecule has 1 aliphatic rings. The third-order valence-electron chi connectivity index (χ3n) is 5.20. The van der Waals surface area contributed by atoms with E-state index in [4.69, 9.17) is 4.43 Å². The maximum Gasteiger partial charge on any atom is 0.218 e. The van der Waals surface area contributed by atoms with Crippen molar-refractivity contribution in [2.45, 2.75) is 70.8 Å². The fourth-order valence-corrected chi connectivity index (χ4v) is 5.82. The SMILES string of the molecule is CN1C(C)(C)CC(O[Si](C)(C)c2ccccc2)CC1(C)C. The number of piperidine rings is 1. The fourth-order valence-electron chi connectivity index (χ4n) is 3.69. The lowest BCUT2D eigenvalue weighted by Crippen LogP contribution is -2.62. The zero-order valence-corrected chi connectivity index (χ0v) is 15.7. The van der Waals surface area contributed by atoms with Crippen molar-refractivity contribution in [1.82, 2.24) is 4.90 Å². The van der Waals surface area contributed by atoms with Crippen LogP contribution in [0.5, 0.6) is 0 Å². The van der Waals surface area contributed by atoms with Crippen molar-refractivity contribution in [3.8, 4) is 0 Å². The zero-order chi connectivity index (χ0) is 15.9. The molecule has 2 nitrogen and oxygen atoms in total. The topological polar surface area (TPSA) is 12.5 Å². The van der Waals surface area contributed by atoms with Gasteiger partial charge in [-0.3, -0.25) is 4.90 Å². The molecule has 0 amide bonds. The van der Waals surface area contributed by atoms with Gasteiger partial charge in [-0.2, -0.15) is 0 Å². The zero-order valence-electron chi connectivity index (χ0n) is 14.7. The number of rotatable bonds is 3. The first-order chi connectivity index (χ1) is 9.55. The second-order valence-corrected chi connectivity index (χ2v) is 12.0. The predicted molar refractivity (Wildman–Crippen MR) is 93.6 cm³/mol. The Balaban J connectivity index is 2.16. The molecule has 0 radical (unpaired) electrons. The molecule has 0 bridgehead atoms. The second kappa shape index (κ2) is 5.53. The molecule has 1 saturated heterocycles. The molecule has 0 N–H and O–H groups in total. The van der Waals surface area contributed by atoms with E-state index < -0.39 is 8.32 Å². The molecule has 1 fully saturated rings. The van der Waals surface area contributed by atoms with Gasteiger partial charge in [-0.1, -0.05) is 30.3 Å². The van der Waals surface area contributed by atoms with Gasteiger partial charge in [0, 0.05) is 17.2 Å². The van der Waals surface area contributed by atoms with Crippen molar-refractivity contribution >= 4 is 13.5 Å². The molecule has 1 aromatic carbocycles. The van der Waals surface area contributed by atoms with Gasteiger partial charge in [0.15, 0.2) is 0 Å². The minimum Gasteiger partial charge on any atom is -0.410 e. The summed E-state index contributed by atoms with van der Waals surface area (Å²) in [5.74, 6) is 0. The van der Waals surface area contributed by atoms with E-state index in [2.05, 4.69) is 83.1 Å². The summed E-state index contributed by atoms with van der Waals surface area (Å²) in [6.07, 6.45) is 2.57. The number of nitrogens with zero attached hydrogens (tertiary/aromatic N) is 1. The van der Waals surface area contributed by atoms with E-state index in [1.807, 2.05) is 0 Å². The smallest absolute Gasteiger partial charge is 0.218 e. The molecule has 2 rings (SSSR count). The Morgan fingerprint density at radius 3 is 1.95 bits per heavy atom. The van der Waals surface area contributed by atoms with Crippen LogP contribution in [0.1, 0.15) is 40.5 Å². The number of hydrogen-bond acceptors (Lipinski definition) is 2. The molecule has 1 heterocycles.